The fourth-order valence-corrected chi connectivity index (χ4v) is 4.56. The lowest BCUT2D eigenvalue weighted by Gasteiger charge is -2.28. The summed E-state index contributed by atoms with van der Waals surface area (Å²) in [6, 6.07) is 12.9. The van der Waals surface area contributed by atoms with Crippen molar-refractivity contribution >= 4 is 27.7 Å². The van der Waals surface area contributed by atoms with Gasteiger partial charge in [0, 0.05) is 37.7 Å². The number of halogens is 1. The zero-order valence-corrected chi connectivity index (χ0v) is 19.2. The molecule has 1 heterocycles. The van der Waals surface area contributed by atoms with Crippen molar-refractivity contribution in [2.24, 2.45) is 0 Å². The van der Waals surface area contributed by atoms with E-state index in [-0.39, 0.29) is 11.4 Å². The van der Waals surface area contributed by atoms with E-state index in [4.69, 9.17) is 16.3 Å². The van der Waals surface area contributed by atoms with Crippen LogP contribution in [0.25, 0.3) is 0 Å². The van der Waals surface area contributed by atoms with E-state index < -0.39 is 16.1 Å². The van der Waals surface area contributed by atoms with E-state index in [9.17, 15) is 13.2 Å². The molecule has 0 saturated carbocycles. The average Bonchev–Trinajstić information content (AvgIpc) is 2.74. The highest BCUT2D eigenvalue weighted by Crippen LogP contribution is 2.15. The number of urea groups is 1. The maximum atomic E-state index is 12.9. The molecule has 1 fully saturated rings. The van der Waals surface area contributed by atoms with E-state index in [0.29, 0.717) is 24.8 Å². The Morgan fingerprint density at radius 3 is 2.55 bits per heavy atom. The van der Waals surface area contributed by atoms with Crippen LogP contribution in [0, 0.1) is 6.92 Å². The Bertz CT molecular complexity index is 977. The topological polar surface area (TPSA) is 79.0 Å². The summed E-state index contributed by atoms with van der Waals surface area (Å²) in [5, 5.41) is 0.568. The number of ether oxygens (including phenoxy) is 1. The standard InChI is InChI=1S/C22H28ClN3O4S/c1-18-6-8-21(9-7-18)31(28,29)24-22(27)26(17-19-4-2-5-20(23)16-19)11-3-10-25-12-14-30-15-13-25/h2,4-9,16H,3,10-15,17H2,1H3,(H,24,27). The third kappa shape index (κ3) is 7.21. The quantitative estimate of drug-likeness (QED) is 0.647. The highest BCUT2D eigenvalue weighted by Gasteiger charge is 2.22. The highest BCUT2D eigenvalue weighted by molar-refractivity contribution is 7.90. The van der Waals surface area contributed by atoms with E-state index in [1.165, 1.54) is 17.0 Å². The van der Waals surface area contributed by atoms with Crippen molar-refractivity contribution in [1.29, 1.82) is 0 Å². The molecule has 168 valence electrons. The lowest BCUT2D eigenvalue weighted by atomic mass is 10.2. The number of nitrogens with one attached hydrogen (secondary N) is 1. The minimum Gasteiger partial charge on any atom is -0.379 e. The molecule has 1 saturated heterocycles. The molecule has 0 aliphatic carbocycles. The van der Waals surface area contributed by atoms with E-state index in [2.05, 4.69) is 9.62 Å². The SMILES string of the molecule is Cc1ccc(S(=O)(=O)NC(=O)N(CCCN2CCOCC2)Cc2cccc(Cl)c2)cc1. The number of morpholine rings is 1. The van der Waals surface area contributed by atoms with Crippen LogP contribution in [0.1, 0.15) is 17.5 Å². The van der Waals surface area contributed by atoms with Crippen LogP contribution in [-0.2, 0) is 21.3 Å². The monoisotopic (exact) mass is 465 g/mol. The molecule has 0 radical (unpaired) electrons. The van der Waals surface area contributed by atoms with E-state index in [1.807, 2.05) is 19.1 Å². The molecule has 9 heteroatoms. The Labute approximate surface area is 189 Å². The number of carbonyl (C=O) groups is 1. The van der Waals surface area contributed by atoms with Gasteiger partial charge in [-0.25, -0.2) is 17.9 Å². The lowest BCUT2D eigenvalue weighted by Crippen LogP contribution is -2.44. The molecule has 31 heavy (non-hydrogen) atoms. The lowest BCUT2D eigenvalue weighted by molar-refractivity contribution is 0.0364. The van der Waals surface area contributed by atoms with Gasteiger partial charge in [0.15, 0.2) is 0 Å². The number of carbonyl (C=O) groups excluding carboxylic acids is 1. The summed E-state index contributed by atoms with van der Waals surface area (Å²) in [5.74, 6) is 0. The number of sulfonamides is 1. The predicted octanol–water partition coefficient (Wildman–Crippen LogP) is 3.27. The van der Waals surface area contributed by atoms with Gasteiger partial charge in [-0.05, 0) is 43.2 Å². The second-order valence-corrected chi connectivity index (χ2v) is 9.70. The van der Waals surface area contributed by atoms with Crippen LogP contribution in [0.5, 0.6) is 0 Å². The van der Waals surface area contributed by atoms with Crippen LogP contribution >= 0.6 is 11.6 Å². The van der Waals surface area contributed by atoms with Gasteiger partial charge in [-0.15, -0.1) is 0 Å². The van der Waals surface area contributed by atoms with Gasteiger partial charge < -0.3 is 9.64 Å². The molecule has 2 amide bonds. The molecule has 0 aromatic heterocycles. The molecule has 1 aliphatic heterocycles. The Balaban J connectivity index is 1.68. The molecule has 0 unspecified atom stereocenters. The van der Waals surface area contributed by atoms with Crippen LogP contribution in [0.3, 0.4) is 0 Å². The molecule has 0 bridgehead atoms. The second-order valence-electron chi connectivity index (χ2n) is 7.58. The number of benzene rings is 2. The Kier molecular flexibility index (Phi) is 8.31. The average molecular weight is 466 g/mol. The zero-order chi connectivity index (χ0) is 22.3. The molecule has 0 spiro atoms. The van der Waals surface area contributed by atoms with E-state index in [1.54, 1.807) is 24.3 Å². The van der Waals surface area contributed by atoms with Gasteiger partial charge in [0.1, 0.15) is 0 Å². The van der Waals surface area contributed by atoms with Crippen LogP contribution in [0.2, 0.25) is 5.02 Å². The number of hydrogen-bond donors (Lipinski definition) is 1. The molecule has 7 nitrogen and oxygen atoms in total. The van der Waals surface area contributed by atoms with Crippen molar-refractivity contribution in [2.75, 3.05) is 39.4 Å². The molecule has 0 atom stereocenters. The van der Waals surface area contributed by atoms with Gasteiger partial charge in [0.25, 0.3) is 10.0 Å². The van der Waals surface area contributed by atoms with Crippen molar-refractivity contribution in [2.45, 2.75) is 24.8 Å². The smallest absolute Gasteiger partial charge is 0.331 e. The fraction of sp³-hybridized carbons (Fsp3) is 0.409. The van der Waals surface area contributed by atoms with Gasteiger partial charge in [-0.2, -0.15) is 0 Å². The molecular formula is C22H28ClN3O4S. The summed E-state index contributed by atoms with van der Waals surface area (Å²) in [4.78, 5) is 16.8. The maximum Gasteiger partial charge on any atom is 0.331 e. The summed E-state index contributed by atoms with van der Waals surface area (Å²) in [6.45, 7) is 6.51. The number of aryl methyl sites for hydroxylation is 1. The first-order valence-corrected chi connectivity index (χ1v) is 12.1. The molecular weight excluding hydrogens is 438 g/mol. The maximum absolute atomic E-state index is 12.9. The van der Waals surface area contributed by atoms with Gasteiger partial charge >= 0.3 is 6.03 Å². The normalized spacial score (nSPS) is 14.9. The van der Waals surface area contributed by atoms with Crippen molar-refractivity contribution in [3.63, 3.8) is 0 Å². The van der Waals surface area contributed by atoms with E-state index in [0.717, 1.165) is 37.2 Å². The van der Waals surface area contributed by atoms with Gasteiger partial charge in [0.2, 0.25) is 0 Å². The Hall–Kier alpha value is -2.13. The van der Waals surface area contributed by atoms with Crippen LogP contribution in [0.15, 0.2) is 53.4 Å². The molecule has 1 N–H and O–H groups in total. The fourth-order valence-electron chi connectivity index (χ4n) is 3.37. The zero-order valence-electron chi connectivity index (χ0n) is 17.6. The molecule has 1 aliphatic rings. The van der Waals surface area contributed by atoms with E-state index >= 15 is 0 Å². The van der Waals surface area contributed by atoms with Gasteiger partial charge in [-0.1, -0.05) is 41.4 Å². The Morgan fingerprint density at radius 1 is 1.16 bits per heavy atom. The number of nitrogens with zero attached hydrogens (tertiary/aromatic N) is 2. The summed E-state index contributed by atoms with van der Waals surface area (Å²) < 4.78 is 32.9. The summed E-state index contributed by atoms with van der Waals surface area (Å²) in [7, 11) is -3.96. The third-order valence-electron chi connectivity index (χ3n) is 5.11. The van der Waals surface area contributed by atoms with Crippen LogP contribution < -0.4 is 4.72 Å². The van der Waals surface area contributed by atoms with Crippen molar-refractivity contribution < 1.29 is 17.9 Å². The molecule has 3 rings (SSSR count). The van der Waals surface area contributed by atoms with Gasteiger partial charge in [-0.3, -0.25) is 4.90 Å². The summed E-state index contributed by atoms with van der Waals surface area (Å²) in [5.41, 5.74) is 1.78. The first-order chi connectivity index (χ1) is 14.8. The summed E-state index contributed by atoms with van der Waals surface area (Å²) in [6.07, 6.45) is 0.721. The number of rotatable bonds is 8. The first-order valence-electron chi connectivity index (χ1n) is 10.3. The molecule has 2 aromatic carbocycles. The molecule has 2 aromatic rings. The third-order valence-corrected chi connectivity index (χ3v) is 6.68. The van der Waals surface area contributed by atoms with Crippen molar-refractivity contribution in [1.82, 2.24) is 14.5 Å². The minimum absolute atomic E-state index is 0.0578. The number of amides is 2. The predicted molar refractivity (Wildman–Crippen MR) is 121 cm³/mol. The first kappa shape index (κ1) is 23.5. The van der Waals surface area contributed by atoms with Gasteiger partial charge in [0.05, 0.1) is 18.1 Å². The minimum atomic E-state index is -3.96. The number of hydrogen-bond acceptors (Lipinski definition) is 5. The van der Waals surface area contributed by atoms with Crippen LogP contribution in [0.4, 0.5) is 4.79 Å². The second kappa shape index (κ2) is 10.9. The highest BCUT2D eigenvalue weighted by atomic mass is 35.5. The van der Waals surface area contributed by atoms with Crippen molar-refractivity contribution in [3.05, 3.63) is 64.7 Å². The Morgan fingerprint density at radius 2 is 1.87 bits per heavy atom. The summed E-state index contributed by atoms with van der Waals surface area (Å²) >= 11 is 6.08. The van der Waals surface area contributed by atoms with Crippen LogP contribution in [-0.4, -0.2) is 63.6 Å². The van der Waals surface area contributed by atoms with Crippen molar-refractivity contribution in [3.8, 4) is 0 Å². The largest absolute Gasteiger partial charge is 0.379 e.